The van der Waals surface area contributed by atoms with Gasteiger partial charge in [0.2, 0.25) is 0 Å². The Bertz CT molecular complexity index is 1610. The van der Waals surface area contributed by atoms with Gasteiger partial charge in [-0.25, -0.2) is 19.2 Å². The van der Waals surface area contributed by atoms with Crippen LogP contribution in [0.3, 0.4) is 0 Å². The Morgan fingerprint density at radius 3 is 0.773 bits per heavy atom. The lowest BCUT2D eigenvalue weighted by Gasteiger charge is -2.14. The molecule has 4 aromatic rings. The van der Waals surface area contributed by atoms with Gasteiger partial charge in [0.15, 0.2) is 0 Å². The Labute approximate surface area is 254 Å². The maximum atomic E-state index is 12.7. The van der Waals surface area contributed by atoms with Crippen molar-refractivity contribution in [2.75, 3.05) is 26.4 Å². The van der Waals surface area contributed by atoms with Gasteiger partial charge in [0.05, 0.1) is 48.7 Å². The summed E-state index contributed by atoms with van der Waals surface area (Å²) >= 11 is 0. The Morgan fingerprint density at radius 2 is 0.591 bits per heavy atom. The van der Waals surface area contributed by atoms with E-state index >= 15 is 0 Å². The minimum absolute atomic E-state index is 0.152. The topological polar surface area (TPSA) is 105 Å². The number of fused-ring (bicyclic) bond motifs is 4. The number of carbonyl (C=O) groups is 4. The zero-order chi connectivity index (χ0) is 31.4. The van der Waals surface area contributed by atoms with Crippen molar-refractivity contribution in [3.63, 3.8) is 0 Å². The van der Waals surface area contributed by atoms with Crippen LogP contribution in [-0.4, -0.2) is 50.3 Å². The molecule has 44 heavy (non-hydrogen) atoms. The zero-order valence-electron chi connectivity index (χ0n) is 25.0. The molecule has 8 heteroatoms. The second-order valence-corrected chi connectivity index (χ2v) is 10.0. The van der Waals surface area contributed by atoms with Crippen LogP contribution in [0.5, 0.6) is 0 Å². The lowest BCUT2D eigenvalue weighted by atomic mass is 9.91. The van der Waals surface area contributed by atoms with Gasteiger partial charge in [-0.2, -0.15) is 0 Å². The maximum absolute atomic E-state index is 12.7. The van der Waals surface area contributed by atoms with Gasteiger partial charge in [0, 0.05) is 0 Å². The normalized spacial score (nSPS) is 12.5. The molecule has 5 rings (SSSR count). The third-order valence-corrected chi connectivity index (χ3v) is 7.22. The summed E-state index contributed by atoms with van der Waals surface area (Å²) in [4.78, 5) is 50.9. The molecule has 0 aromatic heterocycles. The van der Waals surface area contributed by atoms with Gasteiger partial charge in [0.25, 0.3) is 0 Å². The van der Waals surface area contributed by atoms with E-state index in [1.807, 2.05) is 48.6 Å². The SMILES string of the molecule is CCOC(=O)c1cc2cc3c(cc2cc1C(=O)OCC)/C=C\c1cc2cc(C(=O)OCC)c(C(=O)OCC)cc2cc1C=C3. The number of ether oxygens (including phenoxy) is 4. The quantitative estimate of drug-likeness (QED) is 0.136. The maximum Gasteiger partial charge on any atom is 0.339 e. The molecule has 4 aromatic carbocycles. The molecular weight excluding hydrogens is 560 g/mol. The fourth-order valence-corrected chi connectivity index (χ4v) is 5.22. The number of rotatable bonds is 8. The monoisotopic (exact) mass is 592 g/mol. The molecule has 0 saturated heterocycles. The summed E-state index contributed by atoms with van der Waals surface area (Å²) < 4.78 is 20.8. The van der Waals surface area contributed by atoms with E-state index in [1.165, 1.54) is 0 Å². The Balaban J connectivity index is 1.62. The van der Waals surface area contributed by atoms with Crippen LogP contribution in [0.25, 0.3) is 45.8 Å². The largest absolute Gasteiger partial charge is 0.462 e. The predicted molar refractivity (Wildman–Crippen MR) is 170 cm³/mol. The van der Waals surface area contributed by atoms with Crippen molar-refractivity contribution in [2.45, 2.75) is 27.7 Å². The summed E-state index contributed by atoms with van der Waals surface area (Å²) in [6, 6.07) is 14.5. The summed E-state index contributed by atoms with van der Waals surface area (Å²) in [6.07, 6.45) is 7.91. The Hall–Kier alpha value is -5.24. The molecule has 224 valence electrons. The fraction of sp³-hybridized carbons (Fsp3) is 0.222. The molecule has 0 amide bonds. The summed E-state index contributed by atoms with van der Waals surface area (Å²) in [6.45, 7) is 7.55. The second kappa shape index (κ2) is 13.0. The molecule has 1 aliphatic rings. The van der Waals surface area contributed by atoms with Gasteiger partial charge in [-0.15, -0.1) is 0 Å². The highest BCUT2D eigenvalue weighted by atomic mass is 16.5. The van der Waals surface area contributed by atoms with Crippen LogP contribution in [0.4, 0.5) is 0 Å². The van der Waals surface area contributed by atoms with Gasteiger partial charge in [-0.1, -0.05) is 24.3 Å². The first kappa shape index (κ1) is 30.2. The van der Waals surface area contributed by atoms with E-state index in [0.29, 0.717) is 0 Å². The average molecular weight is 593 g/mol. The van der Waals surface area contributed by atoms with E-state index in [1.54, 1.807) is 52.0 Å². The van der Waals surface area contributed by atoms with Crippen molar-refractivity contribution >= 4 is 69.7 Å². The third-order valence-electron chi connectivity index (χ3n) is 7.22. The van der Waals surface area contributed by atoms with Crippen LogP contribution in [-0.2, 0) is 18.9 Å². The van der Waals surface area contributed by atoms with E-state index in [0.717, 1.165) is 43.8 Å². The fourth-order valence-electron chi connectivity index (χ4n) is 5.22. The van der Waals surface area contributed by atoms with Crippen LogP contribution in [0.1, 0.15) is 91.4 Å². The molecule has 0 aliphatic heterocycles. The molecule has 0 bridgehead atoms. The smallest absolute Gasteiger partial charge is 0.339 e. The van der Waals surface area contributed by atoms with Crippen molar-refractivity contribution in [1.82, 2.24) is 0 Å². The molecule has 0 N–H and O–H groups in total. The molecule has 0 spiro atoms. The van der Waals surface area contributed by atoms with Crippen molar-refractivity contribution in [3.05, 3.63) is 93.0 Å². The van der Waals surface area contributed by atoms with Crippen LogP contribution in [0.2, 0.25) is 0 Å². The minimum atomic E-state index is -0.589. The minimum Gasteiger partial charge on any atom is -0.462 e. The molecule has 1 aliphatic carbocycles. The van der Waals surface area contributed by atoms with Crippen LogP contribution in [0.15, 0.2) is 48.5 Å². The molecular formula is C36H32O8. The van der Waals surface area contributed by atoms with Gasteiger partial charge >= 0.3 is 23.9 Å². The zero-order valence-corrected chi connectivity index (χ0v) is 25.0. The highest BCUT2D eigenvalue weighted by molar-refractivity contribution is 6.10. The lowest BCUT2D eigenvalue weighted by molar-refractivity contribution is 0.0479. The standard InChI is InChI=1S/C36H32O8/c1-5-41-33(37)29-17-25-13-21-9-10-23-15-27-19-31(35(39)43-7-3)32(36(40)44-8-4)20-28(27)16-24(23)12-11-22(21)14-26(25)18-30(29)34(38)42-6-2/h9-20H,5-8H2,1-4H3/b10-9-,12-11?,21-9?,22-11?,23-10?,24-12?. The van der Waals surface area contributed by atoms with Gasteiger partial charge < -0.3 is 18.9 Å². The van der Waals surface area contributed by atoms with Crippen molar-refractivity contribution in [2.24, 2.45) is 0 Å². The summed E-state index contributed by atoms with van der Waals surface area (Å²) in [7, 11) is 0. The Morgan fingerprint density at radius 1 is 0.386 bits per heavy atom. The van der Waals surface area contributed by atoms with E-state index in [9.17, 15) is 19.2 Å². The van der Waals surface area contributed by atoms with Crippen LogP contribution < -0.4 is 0 Å². The van der Waals surface area contributed by atoms with Crippen LogP contribution >= 0.6 is 0 Å². The van der Waals surface area contributed by atoms with Crippen LogP contribution in [0, 0.1) is 0 Å². The first-order valence-electron chi connectivity index (χ1n) is 14.6. The third kappa shape index (κ3) is 5.97. The highest BCUT2D eigenvalue weighted by Gasteiger charge is 2.22. The van der Waals surface area contributed by atoms with Crippen molar-refractivity contribution < 1.29 is 38.1 Å². The van der Waals surface area contributed by atoms with Crippen molar-refractivity contribution in [1.29, 1.82) is 0 Å². The van der Waals surface area contributed by atoms with E-state index in [4.69, 9.17) is 18.9 Å². The van der Waals surface area contributed by atoms with E-state index in [-0.39, 0.29) is 48.7 Å². The molecule has 8 nitrogen and oxygen atoms in total. The average Bonchev–Trinajstić information content (AvgIpc) is 3.00. The number of hydrogen-bond donors (Lipinski definition) is 0. The molecule has 0 saturated carbocycles. The van der Waals surface area contributed by atoms with Gasteiger partial charge in [-0.05, 0) is 120 Å². The summed E-state index contributed by atoms with van der Waals surface area (Å²) in [5.74, 6) is -2.36. The molecule has 0 heterocycles. The van der Waals surface area contributed by atoms with Gasteiger partial charge in [-0.3, -0.25) is 0 Å². The molecule has 0 fully saturated rings. The van der Waals surface area contributed by atoms with E-state index < -0.39 is 23.9 Å². The summed E-state index contributed by atoms with van der Waals surface area (Å²) in [5.41, 5.74) is 4.23. The summed E-state index contributed by atoms with van der Waals surface area (Å²) in [5, 5.41) is 3.07. The molecule has 0 radical (unpaired) electrons. The molecule has 0 atom stereocenters. The number of hydrogen-bond acceptors (Lipinski definition) is 8. The first-order chi connectivity index (χ1) is 21.3. The van der Waals surface area contributed by atoms with E-state index in [2.05, 4.69) is 0 Å². The van der Waals surface area contributed by atoms with Crippen molar-refractivity contribution in [3.8, 4) is 0 Å². The molecule has 0 unspecified atom stereocenters. The van der Waals surface area contributed by atoms with Gasteiger partial charge in [0.1, 0.15) is 0 Å². The lowest BCUT2D eigenvalue weighted by Crippen LogP contribution is -2.14. The number of benzene rings is 4. The number of esters is 4. The first-order valence-corrected chi connectivity index (χ1v) is 14.6. The highest BCUT2D eigenvalue weighted by Crippen LogP contribution is 2.32. The second-order valence-electron chi connectivity index (χ2n) is 10.0. The number of carbonyl (C=O) groups excluding carboxylic acids is 4. The Kier molecular flexibility index (Phi) is 8.90. The predicted octanol–water partition coefficient (Wildman–Crippen LogP) is 7.35.